The fourth-order valence-electron chi connectivity index (χ4n) is 2.83. The average Bonchev–Trinajstić information content (AvgIpc) is 2.47. The number of aliphatic imine (C=N–C) groups is 2. The largest absolute Gasteiger partial charge is 0.327 e. The van der Waals surface area contributed by atoms with Crippen LogP contribution in [0.15, 0.2) is 28.2 Å². The molecule has 0 amide bonds. The second-order valence-corrected chi connectivity index (χ2v) is 6.18. The third-order valence-corrected chi connectivity index (χ3v) is 4.08. The monoisotopic (exact) mass is 285 g/mol. The van der Waals surface area contributed by atoms with E-state index in [1.54, 1.807) is 0 Å². The third kappa shape index (κ3) is 5.33. The first-order chi connectivity index (χ1) is 10.1. The van der Waals surface area contributed by atoms with Crippen LogP contribution in [-0.2, 0) is 0 Å². The Balaban J connectivity index is 1.82. The summed E-state index contributed by atoms with van der Waals surface area (Å²) in [6.45, 7) is 5.16. The van der Waals surface area contributed by atoms with Gasteiger partial charge in [0, 0.05) is 13.6 Å². The lowest BCUT2D eigenvalue weighted by Crippen LogP contribution is -2.15. The van der Waals surface area contributed by atoms with E-state index in [1.807, 2.05) is 24.6 Å². The first-order valence-electron chi connectivity index (χ1n) is 7.98. The summed E-state index contributed by atoms with van der Waals surface area (Å²) in [7, 11) is 1.98. The Morgan fingerprint density at radius 1 is 1.14 bits per heavy atom. The Morgan fingerprint density at radius 2 is 1.90 bits per heavy atom. The number of hydrogen-bond donors (Lipinski definition) is 0. The SMILES string of the molecule is Cc1ccc(N=CN(C)C=NCC2CCCCC2)c(C)c1. The molecular weight excluding hydrogens is 258 g/mol. The normalized spacial score (nSPS) is 16.9. The Labute approximate surface area is 128 Å². The van der Waals surface area contributed by atoms with E-state index in [0.29, 0.717) is 0 Å². The predicted octanol–water partition coefficient (Wildman–Crippen LogP) is 4.50. The quantitative estimate of drug-likeness (QED) is 0.578. The molecule has 1 aromatic rings. The number of benzene rings is 1. The minimum atomic E-state index is 0.791. The zero-order valence-electron chi connectivity index (χ0n) is 13.5. The molecule has 3 nitrogen and oxygen atoms in total. The minimum absolute atomic E-state index is 0.791. The summed E-state index contributed by atoms with van der Waals surface area (Å²) in [5, 5.41) is 0. The van der Waals surface area contributed by atoms with Crippen molar-refractivity contribution in [2.75, 3.05) is 13.6 Å². The molecule has 0 aliphatic heterocycles. The molecule has 0 aromatic heterocycles. The van der Waals surface area contributed by atoms with Crippen LogP contribution in [0, 0.1) is 19.8 Å². The molecule has 2 rings (SSSR count). The molecule has 1 saturated carbocycles. The molecule has 0 spiro atoms. The fraction of sp³-hybridized carbons (Fsp3) is 0.556. The molecule has 0 atom stereocenters. The molecule has 0 unspecified atom stereocenters. The summed E-state index contributed by atoms with van der Waals surface area (Å²) in [6.07, 6.45) is 10.6. The van der Waals surface area contributed by atoms with Gasteiger partial charge in [-0.2, -0.15) is 0 Å². The van der Waals surface area contributed by atoms with Crippen molar-refractivity contribution in [2.45, 2.75) is 46.0 Å². The minimum Gasteiger partial charge on any atom is -0.327 e. The van der Waals surface area contributed by atoms with E-state index in [0.717, 1.165) is 18.2 Å². The van der Waals surface area contributed by atoms with Gasteiger partial charge in [-0.3, -0.25) is 4.99 Å². The molecule has 0 saturated heterocycles. The molecule has 21 heavy (non-hydrogen) atoms. The molecule has 1 aromatic carbocycles. The predicted molar refractivity (Wildman–Crippen MR) is 91.8 cm³/mol. The molecular formula is C18H27N3. The van der Waals surface area contributed by atoms with Crippen molar-refractivity contribution in [3.63, 3.8) is 0 Å². The lowest BCUT2D eigenvalue weighted by Gasteiger charge is -2.19. The van der Waals surface area contributed by atoms with Crippen LogP contribution in [-0.4, -0.2) is 31.2 Å². The van der Waals surface area contributed by atoms with Crippen molar-refractivity contribution >= 4 is 18.4 Å². The van der Waals surface area contributed by atoms with Gasteiger partial charge in [-0.25, -0.2) is 4.99 Å². The average molecular weight is 285 g/mol. The van der Waals surface area contributed by atoms with E-state index in [4.69, 9.17) is 0 Å². The van der Waals surface area contributed by atoms with Crippen molar-refractivity contribution < 1.29 is 0 Å². The Bertz CT molecular complexity index is 499. The van der Waals surface area contributed by atoms with Gasteiger partial charge >= 0.3 is 0 Å². The van der Waals surface area contributed by atoms with E-state index < -0.39 is 0 Å². The highest BCUT2D eigenvalue weighted by Gasteiger charge is 2.11. The maximum absolute atomic E-state index is 4.55. The lowest BCUT2D eigenvalue weighted by atomic mass is 9.89. The summed E-state index contributed by atoms with van der Waals surface area (Å²) in [6, 6.07) is 6.31. The topological polar surface area (TPSA) is 28.0 Å². The third-order valence-electron chi connectivity index (χ3n) is 4.08. The highest BCUT2D eigenvalue weighted by molar-refractivity contribution is 5.77. The molecule has 0 heterocycles. The van der Waals surface area contributed by atoms with Gasteiger partial charge in [0.25, 0.3) is 0 Å². The van der Waals surface area contributed by atoms with E-state index >= 15 is 0 Å². The van der Waals surface area contributed by atoms with Crippen molar-refractivity contribution in [3.8, 4) is 0 Å². The maximum Gasteiger partial charge on any atom is 0.0961 e. The van der Waals surface area contributed by atoms with Crippen LogP contribution in [0.3, 0.4) is 0 Å². The van der Waals surface area contributed by atoms with Crippen LogP contribution in [0.5, 0.6) is 0 Å². The zero-order valence-corrected chi connectivity index (χ0v) is 13.5. The van der Waals surface area contributed by atoms with Gasteiger partial charge in [0.1, 0.15) is 0 Å². The first-order valence-corrected chi connectivity index (χ1v) is 7.98. The van der Waals surface area contributed by atoms with Crippen LogP contribution in [0.2, 0.25) is 0 Å². The van der Waals surface area contributed by atoms with Crippen LogP contribution in [0.4, 0.5) is 5.69 Å². The Hall–Kier alpha value is -1.64. The number of aryl methyl sites for hydroxylation is 2. The molecule has 0 N–H and O–H groups in total. The van der Waals surface area contributed by atoms with E-state index in [2.05, 4.69) is 42.0 Å². The highest BCUT2D eigenvalue weighted by Crippen LogP contribution is 2.23. The number of nitrogens with zero attached hydrogens (tertiary/aromatic N) is 3. The summed E-state index contributed by atoms with van der Waals surface area (Å²) in [4.78, 5) is 11.0. The molecule has 1 aliphatic carbocycles. The van der Waals surface area contributed by atoms with Gasteiger partial charge in [0.15, 0.2) is 0 Å². The van der Waals surface area contributed by atoms with Crippen LogP contribution in [0.1, 0.15) is 43.2 Å². The number of rotatable bonds is 5. The van der Waals surface area contributed by atoms with Crippen molar-refractivity contribution in [1.82, 2.24) is 4.90 Å². The lowest BCUT2D eigenvalue weighted by molar-refractivity contribution is 0.367. The van der Waals surface area contributed by atoms with E-state index in [-0.39, 0.29) is 0 Å². The van der Waals surface area contributed by atoms with E-state index in [9.17, 15) is 0 Å². The summed E-state index contributed by atoms with van der Waals surface area (Å²) in [5.41, 5.74) is 3.50. The smallest absolute Gasteiger partial charge is 0.0961 e. The van der Waals surface area contributed by atoms with E-state index in [1.165, 1.54) is 43.2 Å². The first kappa shape index (κ1) is 15.7. The van der Waals surface area contributed by atoms with Crippen LogP contribution < -0.4 is 0 Å². The second-order valence-electron chi connectivity index (χ2n) is 6.18. The van der Waals surface area contributed by atoms with Crippen molar-refractivity contribution in [2.24, 2.45) is 15.9 Å². The van der Waals surface area contributed by atoms with Gasteiger partial charge in [-0.1, -0.05) is 37.0 Å². The highest BCUT2D eigenvalue weighted by atomic mass is 15.1. The summed E-state index contributed by atoms with van der Waals surface area (Å²) >= 11 is 0. The maximum atomic E-state index is 4.55. The van der Waals surface area contributed by atoms with Gasteiger partial charge in [-0.05, 0) is 44.2 Å². The summed E-state index contributed by atoms with van der Waals surface area (Å²) in [5.74, 6) is 0.791. The van der Waals surface area contributed by atoms with Gasteiger partial charge in [-0.15, -0.1) is 0 Å². The van der Waals surface area contributed by atoms with Crippen LogP contribution in [0.25, 0.3) is 0 Å². The van der Waals surface area contributed by atoms with Gasteiger partial charge < -0.3 is 4.90 Å². The molecule has 0 radical (unpaired) electrons. The molecule has 1 aliphatic rings. The fourth-order valence-corrected chi connectivity index (χ4v) is 2.83. The Kier molecular flexibility index (Phi) is 5.97. The van der Waals surface area contributed by atoms with Gasteiger partial charge in [0.05, 0.1) is 18.4 Å². The number of hydrogen-bond acceptors (Lipinski definition) is 2. The van der Waals surface area contributed by atoms with Crippen LogP contribution >= 0.6 is 0 Å². The zero-order chi connectivity index (χ0) is 15.1. The molecule has 114 valence electrons. The van der Waals surface area contributed by atoms with Crippen molar-refractivity contribution in [1.29, 1.82) is 0 Å². The van der Waals surface area contributed by atoms with Gasteiger partial charge in [0.2, 0.25) is 0 Å². The second kappa shape index (κ2) is 7.96. The standard InChI is InChI=1S/C18H27N3/c1-15-9-10-18(16(2)11-15)20-14-21(3)13-19-12-17-7-5-4-6-8-17/h9-11,13-14,17H,4-8,12H2,1-3H3. The molecule has 0 bridgehead atoms. The molecule has 1 fully saturated rings. The van der Waals surface area contributed by atoms with Crippen molar-refractivity contribution in [3.05, 3.63) is 29.3 Å². The summed E-state index contributed by atoms with van der Waals surface area (Å²) < 4.78 is 0. The Morgan fingerprint density at radius 3 is 2.62 bits per heavy atom. The molecule has 3 heteroatoms.